The van der Waals surface area contributed by atoms with Gasteiger partial charge in [-0.05, 0) is 0 Å². The second-order valence-corrected chi connectivity index (χ2v) is 2.73. The lowest BCUT2D eigenvalue weighted by molar-refractivity contribution is 0.222. The highest BCUT2D eigenvalue weighted by Gasteiger charge is 2.09. The van der Waals surface area contributed by atoms with Gasteiger partial charge in [0.1, 0.15) is 0 Å². The van der Waals surface area contributed by atoms with Gasteiger partial charge in [0, 0.05) is 5.92 Å². The van der Waals surface area contributed by atoms with E-state index >= 15 is 0 Å². The largest absolute Gasteiger partial charge is 0.387 e. The first kappa shape index (κ1) is 10.1. The number of aliphatic hydroxyl groups excluding tert-OH is 1. The molecule has 0 aromatic carbocycles. The van der Waals surface area contributed by atoms with Crippen LogP contribution in [-0.4, -0.2) is 25.0 Å². The van der Waals surface area contributed by atoms with Crippen LogP contribution in [0.4, 0.5) is 0 Å². The topological polar surface area (TPSA) is 54.4 Å². The second-order valence-electron chi connectivity index (χ2n) is 1.94. The summed E-state index contributed by atoms with van der Waals surface area (Å²) < 4.78 is 20.1. The Bertz CT molecular complexity index is 247. The molecule has 0 amide bonds. The van der Waals surface area contributed by atoms with E-state index in [-0.39, 0.29) is 0 Å². The Hall–Kier alpha value is -0.870. The maximum absolute atomic E-state index is 10.1. The summed E-state index contributed by atoms with van der Waals surface area (Å²) in [6.45, 7) is 6.82. The van der Waals surface area contributed by atoms with Crippen molar-refractivity contribution in [2.24, 2.45) is 5.92 Å². The minimum Gasteiger partial charge on any atom is -0.387 e. The molecule has 0 saturated heterocycles. The molecule has 0 rings (SSSR count). The van der Waals surface area contributed by atoms with Crippen molar-refractivity contribution in [1.29, 1.82) is 0 Å². The third-order valence-corrected chi connectivity index (χ3v) is 1.69. The summed E-state index contributed by atoms with van der Waals surface area (Å²) in [6, 6.07) is 0. The molecule has 11 heavy (non-hydrogen) atoms. The maximum atomic E-state index is 10.1. The first-order chi connectivity index (χ1) is 5.11. The second kappa shape index (κ2) is 4.87. The quantitative estimate of drug-likeness (QED) is 0.483. The molecule has 1 N–H and O–H groups in total. The molecule has 0 aromatic heterocycles. The van der Waals surface area contributed by atoms with Crippen LogP contribution in [0.2, 0.25) is 0 Å². The van der Waals surface area contributed by atoms with Crippen LogP contribution in [0.15, 0.2) is 25.3 Å². The van der Waals surface area contributed by atoms with Crippen LogP contribution in [-0.2, 0) is 10.3 Å². The van der Waals surface area contributed by atoms with Crippen molar-refractivity contribution < 1.29 is 13.5 Å². The molecule has 0 bridgehead atoms. The van der Waals surface area contributed by atoms with E-state index in [1.54, 1.807) is 0 Å². The van der Waals surface area contributed by atoms with Gasteiger partial charge in [-0.2, -0.15) is 8.42 Å². The Labute approximate surface area is 67.2 Å². The van der Waals surface area contributed by atoms with E-state index in [0.29, 0.717) is 0 Å². The molecule has 0 spiro atoms. The molecule has 0 aliphatic rings. The predicted octanol–water partition coefficient (Wildman–Crippen LogP) is 0.0168. The van der Waals surface area contributed by atoms with Gasteiger partial charge in [-0.1, -0.05) is 12.2 Å². The van der Waals surface area contributed by atoms with E-state index in [1.807, 2.05) is 0 Å². The molecule has 1 atom stereocenters. The van der Waals surface area contributed by atoms with Gasteiger partial charge < -0.3 is 5.11 Å². The maximum Gasteiger partial charge on any atom is 0.212 e. The predicted molar refractivity (Wildman–Crippen MR) is 44.9 cm³/mol. The lowest BCUT2D eigenvalue weighted by Crippen LogP contribution is -2.17. The monoisotopic (exact) mass is 174 g/mol. The van der Waals surface area contributed by atoms with Gasteiger partial charge in [-0.3, -0.25) is 0 Å². The molecule has 0 radical (unpaired) electrons. The molecule has 0 aromatic rings. The van der Waals surface area contributed by atoms with Crippen LogP contribution in [0, 0.1) is 5.92 Å². The highest BCUT2D eigenvalue weighted by molar-refractivity contribution is 7.71. The minimum absolute atomic E-state index is 0.409. The van der Waals surface area contributed by atoms with Crippen LogP contribution in [0.5, 0.6) is 0 Å². The Balaban J connectivity index is 4.45. The molecule has 3 nitrogen and oxygen atoms in total. The van der Waals surface area contributed by atoms with Crippen LogP contribution in [0.25, 0.3) is 0 Å². The third kappa shape index (κ3) is 3.75. The summed E-state index contributed by atoms with van der Waals surface area (Å²) in [4.78, 5) is 0. The molecule has 1 unspecified atom stereocenters. The summed E-state index contributed by atoms with van der Waals surface area (Å²) in [5.74, 6) is -0.409. The van der Waals surface area contributed by atoms with Gasteiger partial charge >= 0.3 is 0 Å². The number of aliphatic hydroxyl groups is 1. The fraction of sp³-hybridized carbons (Fsp3) is 0.286. The normalized spacial score (nSPS) is 12.2. The van der Waals surface area contributed by atoms with Crippen molar-refractivity contribution in [3.63, 3.8) is 0 Å². The van der Waals surface area contributed by atoms with Gasteiger partial charge in [0.15, 0.2) is 0 Å². The Morgan fingerprint density at radius 1 is 1.27 bits per heavy atom. The van der Waals surface area contributed by atoms with E-state index in [9.17, 15) is 8.42 Å². The standard InChI is InChI=1S/C7H10O3S/c1-3-6(4-2)7(8)5-11(9)10/h3-8H,1-2H2. The van der Waals surface area contributed by atoms with E-state index in [4.69, 9.17) is 5.11 Å². The SMILES string of the molecule is C=CC(C=C)C(O)C=S(=O)=O. The first-order valence-corrected chi connectivity index (χ1v) is 4.12. The summed E-state index contributed by atoms with van der Waals surface area (Å²) in [5.41, 5.74) is 0. The lowest BCUT2D eigenvalue weighted by Gasteiger charge is -2.08. The lowest BCUT2D eigenvalue weighted by atomic mass is 10.1. The molecule has 62 valence electrons. The molecule has 0 aliphatic carbocycles. The zero-order valence-electron chi connectivity index (χ0n) is 5.97. The van der Waals surface area contributed by atoms with Gasteiger partial charge in [0.25, 0.3) is 0 Å². The fourth-order valence-corrected chi connectivity index (χ4v) is 0.989. The van der Waals surface area contributed by atoms with Crippen LogP contribution >= 0.6 is 0 Å². The van der Waals surface area contributed by atoms with Crippen molar-refractivity contribution >= 4 is 15.7 Å². The Morgan fingerprint density at radius 2 is 1.73 bits per heavy atom. The van der Waals surface area contributed by atoms with Gasteiger partial charge in [0.2, 0.25) is 10.3 Å². The van der Waals surface area contributed by atoms with E-state index in [0.717, 1.165) is 5.37 Å². The Kier molecular flexibility index (Phi) is 4.49. The molecular formula is C7H10O3S. The van der Waals surface area contributed by atoms with Gasteiger partial charge in [-0.25, -0.2) is 0 Å². The summed E-state index contributed by atoms with van der Waals surface area (Å²) in [5, 5.41) is 9.89. The van der Waals surface area contributed by atoms with Crippen LogP contribution < -0.4 is 0 Å². The summed E-state index contributed by atoms with van der Waals surface area (Å²) >= 11 is 0. The molecular weight excluding hydrogens is 164 g/mol. The average Bonchev–Trinajstić information content (AvgIpc) is 1.88. The zero-order valence-corrected chi connectivity index (χ0v) is 6.79. The number of rotatable bonds is 4. The third-order valence-electron chi connectivity index (χ3n) is 1.19. The van der Waals surface area contributed by atoms with Crippen molar-refractivity contribution in [3.8, 4) is 0 Å². The highest BCUT2D eigenvalue weighted by atomic mass is 32.2. The van der Waals surface area contributed by atoms with Gasteiger partial charge in [0.05, 0.1) is 11.5 Å². The molecule has 0 heterocycles. The van der Waals surface area contributed by atoms with Gasteiger partial charge in [-0.15, -0.1) is 13.2 Å². The van der Waals surface area contributed by atoms with E-state index in [2.05, 4.69) is 13.2 Å². The summed E-state index contributed by atoms with van der Waals surface area (Å²) in [6.07, 6.45) is 1.81. The van der Waals surface area contributed by atoms with Crippen molar-refractivity contribution in [2.75, 3.05) is 0 Å². The molecule has 0 fully saturated rings. The number of hydrogen-bond donors (Lipinski definition) is 1. The van der Waals surface area contributed by atoms with Crippen molar-refractivity contribution in [1.82, 2.24) is 0 Å². The molecule has 0 aliphatic heterocycles. The zero-order chi connectivity index (χ0) is 8.85. The number of hydrogen-bond acceptors (Lipinski definition) is 3. The van der Waals surface area contributed by atoms with Crippen LogP contribution in [0.3, 0.4) is 0 Å². The molecule has 4 heteroatoms. The van der Waals surface area contributed by atoms with Crippen LogP contribution in [0.1, 0.15) is 0 Å². The Morgan fingerprint density at radius 3 is 2.00 bits per heavy atom. The van der Waals surface area contributed by atoms with E-state index < -0.39 is 22.3 Å². The fourth-order valence-electron chi connectivity index (χ4n) is 0.580. The molecule has 0 saturated carbocycles. The van der Waals surface area contributed by atoms with Crippen molar-refractivity contribution in [3.05, 3.63) is 25.3 Å². The smallest absolute Gasteiger partial charge is 0.212 e. The first-order valence-electron chi connectivity index (χ1n) is 2.98. The summed E-state index contributed by atoms with van der Waals surface area (Å²) in [7, 11) is -2.34. The average molecular weight is 174 g/mol. The minimum atomic E-state index is -2.34. The van der Waals surface area contributed by atoms with E-state index in [1.165, 1.54) is 12.2 Å². The highest BCUT2D eigenvalue weighted by Crippen LogP contribution is 2.03. The van der Waals surface area contributed by atoms with Crippen molar-refractivity contribution in [2.45, 2.75) is 6.10 Å².